The molecule has 0 aliphatic heterocycles. The molecule has 0 aliphatic carbocycles. The van der Waals surface area contributed by atoms with E-state index in [4.69, 9.17) is 0 Å². The first-order chi connectivity index (χ1) is 12.1. The number of nitrogens with one attached hydrogen (secondary N) is 2. The van der Waals surface area contributed by atoms with Crippen LogP contribution in [-0.2, 0) is 14.8 Å². The molecule has 0 unspecified atom stereocenters. The van der Waals surface area contributed by atoms with Gasteiger partial charge in [-0.05, 0) is 37.3 Å². The number of hydrogen-bond acceptors (Lipinski definition) is 6. The number of carbonyl (C=O) groups excluding carboxylic acids is 2. The van der Waals surface area contributed by atoms with Gasteiger partial charge < -0.3 is 5.32 Å². The molecule has 0 aliphatic rings. The second kappa shape index (κ2) is 7.31. The minimum absolute atomic E-state index is 0.0947. The van der Waals surface area contributed by atoms with Crippen LogP contribution in [0.2, 0.25) is 0 Å². The maximum Gasteiger partial charge on any atom is 0.273 e. The van der Waals surface area contributed by atoms with E-state index in [1.54, 1.807) is 6.92 Å². The summed E-state index contributed by atoms with van der Waals surface area (Å²) in [6.07, 6.45) is 0. The third-order valence-corrected chi connectivity index (χ3v) is 4.82. The van der Waals surface area contributed by atoms with Gasteiger partial charge in [-0.3, -0.25) is 19.7 Å². The highest BCUT2D eigenvalue weighted by molar-refractivity contribution is 7.90. The molecule has 0 bridgehead atoms. The minimum Gasteiger partial charge on any atom is -0.322 e. The first-order valence-electron chi connectivity index (χ1n) is 7.30. The average molecular weight is 377 g/mol. The number of aryl methyl sites for hydroxylation is 1. The van der Waals surface area contributed by atoms with Gasteiger partial charge in [0.15, 0.2) is 0 Å². The summed E-state index contributed by atoms with van der Waals surface area (Å²) >= 11 is 0. The van der Waals surface area contributed by atoms with E-state index in [9.17, 15) is 28.1 Å². The Kier molecular flexibility index (Phi) is 5.36. The summed E-state index contributed by atoms with van der Waals surface area (Å²) in [6, 6.07) is 9.21. The van der Waals surface area contributed by atoms with Crippen molar-refractivity contribution in [3.8, 4) is 0 Å². The fourth-order valence-electron chi connectivity index (χ4n) is 2.12. The van der Waals surface area contributed by atoms with E-state index in [0.717, 1.165) is 6.92 Å². The number of nitro benzene ring substituents is 1. The second-order valence-corrected chi connectivity index (χ2v) is 7.08. The monoisotopic (exact) mass is 377 g/mol. The lowest BCUT2D eigenvalue weighted by Crippen LogP contribution is -2.28. The van der Waals surface area contributed by atoms with E-state index in [1.165, 1.54) is 42.5 Å². The zero-order valence-electron chi connectivity index (χ0n) is 13.8. The maximum absolute atomic E-state index is 12.2. The SMILES string of the molecule is CC(=O)NS(=O)(=O)c1ccc(NC(=O)c2ccc(C)c([N+](=O)[O-])c2)cc1. The van der Waals surface area contributed by atoms with Gasteiger partial charge in [0, 0.05) is 29.8 Å². The quantitative estimate of drug-likeness (QED) is 0.604. The summed E-state index contributed by atoms with van der Waals surface area (Å²) in [5.74, 6) is -1.30. The number of nitro groups is 1. The fourth-order valence-corrected chi connectivity index (χ4v) is 3.11. The minimum atomic E-state index is -3.96. The summed E-state index contributed by atoms with van der Waals surface area (Å²) in [5.41, 5.74) is 0.644. The Balaban J connectivity index is 2.19. The van der Waals surface area contributed by atoms with E-state index in [-0.39, 0.29) is 16.1 Å². The lowest BCUT2D eigenvalue weighted by Gasteiger charge is -2.08. The predicted octanol–water partition coefficient (Wildman–Crippen LogP) is 1.98. The van der Waals surface area contributed by atoms with E-state index in [2.05, 4.69) is 5.32 Å². The first kappa shape index (κ1) is 19.1. The second-order valence-electron chi connectivity index (χ2n) is 5.40. The van der Waals surface area contributed by atoms with E-state index in [1.807, 2.05) is 4.72 Å². The van der Waals surface area contributed by atoms with Crippen molar-refractivity contribution in [1.29, 1.82) is 0 Å². The summed E-state index contributed by atoms with van der Waals surface area (Å²) in [7, 11) is -3.96. The molecule has 0 atom stereocenters. The van der Waals surface area contributed by atoms with Crippen molar-refractivity contribution in [2.75, 3.05) is 5.32 Å². The molecule has 0 radical (unpaired) electrons. The molecule has 0 saturated carbocycles. The van der Waals surface area contributed by atoms with Crippen molar-refractivity contribution in [2.45, 2.75) is 18.7 Å². The predicted molar refractivity (Wildman–Crippen MR) is 93.2 cm³/mol. The summed E-state index contributed by atoms with van der Waals surface area (Å²) in [4.78, 5) is 33.4. The number of carbonyl (C=O) groups is 2. The Hall–Kier alpha value is -3.27. The van der Waals surface area contributed by atoms with Gasteiger partial charge >= 0.3 is 0 Å². The van der Waals surface area contributed by atoms with Crippen LogP contribution in [0.25, 0.3) is 0 Å². The van der Waals surface area contributed by atoms with E-state index in [0.29, 0.717) is 11.3 Å². The van der Waals surface area contributed by atoms with Crippen LogP contribution in [0.4, 0.5) is 11.4 Å². The Bertz CT molecular complexity index is 984. The van der Waals surface area contributed by atoms with Gasteiger partial charge in [0.2, 0.25) is 5.91 Å². The molecule has 2 N–H and O–H groups in total. The van der Waals surface area contributed by atoms with Gasteiger partial charge in [-0.25, -0.2) is 13.1 Å². The van der Waals surface area contributed by atoms with Crippen LogP contribution in [0.5, 0.6) is 0 Å². The number of hydrogen-bond donors (Lipinski definition) is 2. The van der Waals surface area contributed by atoms with Gasteiger partial charge in [0.05, 0.1) is 9.82 Å². The molecular weight excluding hydrogens is 362 g/mol. The van der Waals surface area contributed by atoms with Gasteiger partial charge in [-0.2, -0.15) is 0 Å². The van der Waals surface area contributed by atoms with Crippen LogP contribution >= 0.6 is 0 Å². The van der Waals surface area contributed by atoms with Crippen molar-refractivity contribution in [3.63, 3.8) is 0 Å². The lowest BCUT2D eigenvalue weighted by molar-refractivity contribution is -0.385. The highest BCUT2D eigenvalue weighted by Crippen LogP contribution is 2.20. The highest BCUT2D eigenvalue weighted by Gasteiger charge is 2.17. The normalized spacial score (nSPS) is 10.8. The zero-order chi connectivity index (χ0) is 19.5. The first-order valence-corrected chi connectivity index (χ1v) is 8.78. The van der Waals surface area contributed by atoms with E-state index < -0.39 is 26.8 Å². The van der Waals surface area contributed by atoms with Gasteiger partial charge in [0.25, 0.3) is 21.6 Å². The van der Waals surface area contributed by atoms with Crippen LogP contribution in [0.3, 0.4) is 0 Å². The average Bonchev–Trinajstić information content (AvgIpc) is 2.54. The van der Waals surface area contributed by atoms with Crippen molar-refractivity contribution in [2.24, 2.45) is 0 Å². The van der Waals surface area contributed by atoms with Crippen molar-refractivity contribution in [1.82, 2.24) is 4.72 Å². The maximum atomic E-state index is 12.2. The van der Waals surface area contributed by atoms with Crippen LogP contribution in [0, 0.1) is 17.0 Å². The smallest absolute Gasteiger partial charge is 0.273 e. The van der Waals surface area contributed by atoms with Crippen LogP contribution in [0.1, 0.15) is 22.8 Å². The third kappa shape index (κ3) is 4.42. The Labute approximate surface area is 149 Å². The highest BCUT2D eigenvalue weighted by atomic mass is 32.2. The molecule has 0 heterocycles. The molecule has 136 valence electrons. The zero-order valence-corrected chi connectivity index (χ0v) is 14.7. The van der Waals surface area contributed by atoms with E-state index >= 15 is 0 Å². The molecular formula is C16H15N3O6S. The lowest BCUT2D eigenvalue weighted by atomic mass is 10.1. The molecule has 0 saturated heterocycles. The molecule has 2 rings (SSSR count). The summed E-state index contributed by atoms with van der Waals surface area (Å²) in [6.45, 7) is 2.64. The molecule has 10 heteroatoms. The molecule has 0 spiro atoms. The van der Waals surface area contributed by atoms with Crippen molar-refractivity contribution in [3.05, 3.63) is 63.7 Å². The summed E-state index contributed by atoms with van der Waals surface area (Å²) in [5, 5.41) is 13.5. The molecule has 2 aromatic carbocycles. The molecule has 2 aromatic rings. The standard InChI is InChI=1S/C16H15N3O6S/c1-10-3-4-12(9-15(10)19(22)23)16(21)17-13-5-7-14(8-6-13)26(24,25)18-11(2)20/h3-9H,1-2H3,(H,17,21)(H,18,20). The summed E-state index contributed by atoms with van der Waals surface area (Å²) < 4.78 is 25.5. The van der Waals surface area contributed by atoms with Crippen LogP contribution in [-0.4, -0.2) is 25.2 Å². The Morgan fingerprint density at radius 2 is 1.69 bits per heavy atom. The Morgan fingerprint density at radius 1 is 1.08 bits per heavy atom. The molecule has 9 nitrogen and oxygen atoms in total. The number of nitrogens with zero attached hydrogens (tertiary/aromatic N) is 1. The number of rotatable bonds is 5. The number of anilines is 1. The Morgan fingerprint density at radius 3 is 2.23 bits per heavy atom. The fraction of sp³-hybridized carbons (Fsp3) is 0.125. The van der Waals surface area contributed by atoms with Gasteiger partial charge in [-0.1, -0.05) is 6.07 Å². The molecule has 26 heavy (non-hydrogen) atoms. The molecule has 0 aromatic heterocycles. The largest absolute Gasteiger partial charge is 0.322 e. The van der Waals surface area contributed by atoms with Crippen LogP contribution < -0.4 is 10.0 Å². The van der Waals surface area contributed by atoms with Crippen molar-refractivity contribution < 1.29 is 22.9 Å². The van der Waals surface area contributed by atoms with Crippen molar-refractivity contribution >= 4 is 33.2 Å². The van der Waals surface area contributed by atoms with Gasteiger partial charge in [-0.15, -0.1) is 0 Å². The number of amides is 2. The number of sulfonamides is 1. The van der Waals surface area contributed by atoms with Gasteiger partial charge in [0.1, 0.15) is 0 Å². The molecule has 2 amide bonds. The number of benzene rings is 2. The molecule has 0 fully saturated rings. The van der Waals surface area contributed by atoms with Crippen LogP contribution in [0.15, 0.2) is 47.4 Å². The third-order valence-electron chi connectivity index (χ3n) is 3.37. The topological polar surface area (TPSA) is 135 Å².